The number of amides is 1. The van der Waals surface area contributed by atoms with Crippen molar-refractivity contribution in [3.05, 3.63) is 52.5 Å². The second-order valence-electron chi connectivity index (χ2n) is 7.01. The second kappa shape index (κ2) is 8.71. The van der Waals surface area contributed by atoms with Crippen LogP contribution in [-0.4, -0.2) is 63.9 Å². The smallest absolute Gasteiger partial charge is 0.255 e. The van der Waals surface area contributed by atoms with Gasteiger partial charge in [-0.25, -0.2) is 8.42 Å². The summed E-state index contributed by atoms with van der Waals surface area (Å²) in [6, 6.07) is 9.69. The minimum atomic E-state index is -3.79. The molecule has 0 bridgehead atoms. The van der Waals surface area contributed by atoms with Crippen LogP contribution in [0.1, 0.15) is 15.9 Å². The van der Waals surface area contributed by atoms with Crippen molar-refractivity contribution in [2.75, 3.05) is 45.7 Å². The van der Waals surface area contributed by atoms with Crippen molar-refractivity contribution in [1.82, 2.24) is 9.21 Å². The lowest BCUT2D eigenvalue weighted by atomic mass is 10.1. The van der Waals surface area contributed by atoms with Gasteiger partial charge in [-0.1, -0.05) is 17.7 Å². The van der Waals surface area contributed by atoms with Crippen molar-refractivity contribution in [1.29, 1.82) is 0 Å². The number of rotatable bonds is 5. The zero-order chi connectivity index (χ0) is 21.2. The van der Waals surface area contributed by atoms with Gasteiger partial charge in [0, 0.05) is 31.7 Å². The van der Waals surface area contributed by atoms with Crippen LogP contribution in [0.25, 0.3) is 0 Å². The summed E-state index contributed by atoms with van der Waals surface area (Å²) in [7, 11) is -0.331. The lowest BCUT2D eigenvalue weighted by molar-refractivity contribution is 0.102. The van der Waals surface area contributed by atoms with Crippen LogP contribution in [0.5, 0.6) is 5.75 Å². The summed E-state index contributed by atoms with van der Waals surface area (Å²) in [6.07, 6.45) is 0. The number of ether oxygens (including phenoxy) is 1. The number of likely N-dealkylation sites (N-methyl/N-ethyl adjacent to an activating group) is 1. The molecule has 0 spiro atoms. The first-order valence-electron chi connectivity index (χ1n) is 9.16. The SMILES string of the molecule is COc1ccc(C)cc1NC(=O)c1ccc(Cl)c(S(=O)(=O)N2CCN(C)CC2)c1. The Hall–Kier alpha value is -2.13. The third-order valence-corrected chi connectivity index (χ3v) is 7.26. The van der Waals surface area contributed by atoms with Crippen LogP contribution >= 0.6 is 11.6 Å². The summed E-state index contributed by atoms with van der Waals surface area (Å²) in [5, 5.41) is 2.87. The van der Waals surface area contributed by atoms with E-state index < -0.39 is 15.9 Å². The predicted octanol–water partition coefficient (Wildman–Crippen LogP) is 2.85. The Labute approximate surface area is 176 Å². The number of carbonyl (C=O) groups excluding carboxylic acids is 1. The topological polar surface area (TPSA) is 78.9 Å². The van der Waals surface area contributed by atoms with Crippen LogP contribution in [0.3, 0.4) is 0 Å². The van der Waals surface area contributed by atoms with Gasteiger partial charge in [0.15, 0.2) is 0 Å². The summed E-state index contributed by atoms with van der Waals surface area (Å²) in [6.45, 7) is 3.95. The molecule has 0 radical (unpaired) electrons. The fraction of sp³-hybridized carbons (Fsp3) is 0.350. The molecule has 156 valence electrons. The molecule has 0 unspecified atom stereocenters. The van der Waals surface area contributed by atoms with Crippen LogP contribution in [0.15, 0.2) is 41.3 Å². The summed E-state index contributed by atoms with van der Waals surface area (Å²) < 4.78 is 32.8. The molecular formula is C20H24ClN3O4S. The normalized spacial score (nSPS) is 15.9. The number of nitrogens with zero attached hydrogens (tertiary/aromatic N) is 2. The monoisotopic (exact) mass is 437 g/mol. The van der Waals surface area contributed by atoms with E-state index in [0.717, 1.165) is 5.56 Å². The van der Waals surface area contributed by atoms with Crippen molar-refractivity contribution in [3.8, 4) is 5.75 Å². The third-order valence-electron chi connectivity index (χ3n) is 4.88. The molecule has 1 heterocycles. The summed E-state index contributed by atoms with van der Waals surface area (Å²) >= 11 is 6.19. The Morgan fingerprint density at radius 3 is 2.45 bits per heavy atom. The highest BCUT2D eigenvalue weighted by atomic mass is 35.5. The van der Waals surface area contributed by atoms with Gasteiger partial charge in [0.1, 0.15) is 10.6 Å². The zero-order valence-electron chi connectivity index (χ0n) is 16.6. The molecule has 0 saturated carbocycles. The Morgan fingerprint density at radius 1 is 1.10 bits per heavy atom. The van der Waals surface area contributed by atoms with Crippen LogP contribution in [0, 0.1) is 6.92 Å². The molecule has 0 atom stereocenters. The van der Waals surface area contributed by atoms with E-state index >= 15 is 0 Å². The van der Waals surface area contributed by atoms with E-state index in [0.29, 0.717) is 37.6 Å². The van der Waals surface area contributed by atoms with Crippen molar-refractivity contribution in [2.24, 2.45) is 0 Å². The van der Waals surface area contributed by atoms with Gasteiger partial charge < -0.3 is 15.0 Å². The Balaban J connectivity index is 1.89. The van der Waals surface area contributed by atoms with Gasteiger partial charge >= 0.3 is 0 Å². The lowest BCUT2D eigenvalue weighted by Gasteiger charge is -2.31. The zero-order valence-corrected chi connectivity index (χ0v) is 18.2. The molecule has 2 aromatic rings. The average Bonchev–Trinajstić information content (AvgIpc) is 2.68. The maximum atomic E-state index is 13.1. The van der Waals surface area contributed by atoms with E-state index in [9.17, 15) is 13.2 Å². The molecule has 7 nitrogen and oxygen atoms in total. The van der Waals surface area contributed by atoms with Crippen molar-refractivity contribution >= 4 is 33.2 Å². The molecule has 1 aliphatic rings. The molecule has 29 heavy (non-hydrogen) atoms. The molecule has 1 N–H and O–H groups in total. The average molecular weight is 438 g/mol. The van der Waals surface area contributed by atoms with Gasteiger partial charge in [0.2, 0.25) is 10.0 Å². The Morgan fingerprint density at radius 2 is 1.79 bits per heavy atom. The highest BCUT2D eigenvalue weighted by molar-refractivity contribution is 7.89. The number of sulfonamides is 1. The molecular weight excluding hydrogens is 414 g/mol. The summed E-state index contributed by atoms with van der Waals surface area (Å²) in [5.74, 6) is 0.0728. The summed E-state index contributed by atoms with van der Waals surface area (Å²) in [4.78, 5) is 14.8. The molecule has 3 rings (SSSR count). The number of halogens is 1. The minimum Gasteiger partial charge on any atom is -0.495 e. The first kappa shape index (κ1) is 21.6. The number of aryl methyl sites for hydroxylation is 1. The minimum absolute atomic E-state index is 0.0624. The maximum Gasteiger partial charge on any atom is 0.255 e. The molecule has 2 aromatic carbocycles. The largest absolute Gasteiger partial charge is 0.495 e. The number of anilines is 1. The number of methoxy groups -OCH3 is 1. The van der Waals surface area contributed by atoms with E-state index in [1.807, 2.05) is 20.0 Å². The number of benzene rings is 2. The molecule has 9 heteroatoms. The number of hydrogen-bond acceptors (Lipinski definition) is 5. The number of piperazine rings is 1. The van der Waals surface area contributed by atoms with Crippen LogP contribution in [-0.2, 0) is 10.0 Å². The van der Waals surface area contributed by atoms with Crippen molar-refractivity contribution in [2.45, 2.75) is 11.8 Å². The van der Waals surface area contributed by atoms with E-state index in [1.54, 1.807) is 12.1 Å². The van der Waals surface area contributed by atoms with Crippen LogP contribution in [0.4, 0.5) is 5.69 Å². The first-order valence-corrected chi connectivity index (χ1v) is 11.0. The third kappa shape index (κ3) is 4.72. The lowest BCUT2D eigenvalue weighted by Crippen LogP contribution is -2.47. The first-order chi connectivity index (χ1) is 13.7. The predicted molar refractivity (Wildman–Crippen MR) is 113 cm³/mol. The van der Waals surface area contributed by atoms with Gasteiger partial charge in [0.05, 0.1) is 17.8 Å². The quantitative estimate of drug-likeness (QED) is 0.778. The van der Waals surface area contributed by atoms with Gasteiger partial charge in [-0.2, -0.15) is 4.31 Å². The fourth-order valence-electron chi connectivity index (χ4n) is 3.12. The molecule has 1 aliphatic heterocycles. The molecule has 1 saturated heterocycles. The second-order valence-corrected chi connectivity index (χ2v) is 9.32. The molecule has 0 aliphatic carbocycles. The molecule has 1 fully saturated rings. The van der Waals surface area contributed by atoms with Gasteiger partial charge in [-0.05, 0) is 49.9 Å². The van der Waals surface area contributed by atoms with E-state index in [-0.39, 0.29) is 15.5 Å². The van der Waals surface area contributed by atoms with Crippen LogP contribution in [0.2, 0.25) is 5.02 Å². The van der Waals surface area contributed by atoms with Gasteiger partial charge in [-0.15, -0.1) is 0 Å². The fourth-order valence-corrected chi connectivity index (χ4v) is 5.05. The van der Waals surface area contributed by atoms with Crippen molar-refractivity contribution in [3.63, 3.8) is 0 Å². The van der Waals surface area contributed by atoms with E-state index in [4.69, 9.17) is 16.3 Å². The maximum absolute atomic E-state index is 13.1. The number of hydrogen-bond donors (Lipinski definition) is 1. The van der Waals surface area contributed by atoms with Gasteiger partial charge in [-0.3, -0.25) is 4.79 Å². The Kier molecular flexibility index (Phi) is 6.48. The molecule has 0 aromatic heterocycles. The number of carbonyl (C=O) groups is 1. The van der Waals surface area contributed by atoms with Crippen molar-refractivity contribution < 1.29 is 17.9 Å². The highest BCUT2D eigenvalue weighted by Gasteiger charge is 2.30. The standard InChI is InChI=1S/C20H24ClN3O4S/c1-14-4-7-18(28-3)17(12-14)22-20(25)15-5-6-16(21)19(13-15)29(26,27)24-10-8-23(2)9-11-24/h4-7,12-13H,8-11H2,1-3H3,(H,22,25). The molecule has 1 amide bonds. The summed E-state index contributed by atoms with van der Waals surface area (Å²) in [5.41, 5.74) is 1.66. The van der Waals surface area contributed by atoms with E-state index in [2.05, 4.69) is 10.2 Å². The highest BCUT2D eigenvalue weighted by Crippen LogP contribution is 2.29. The van der Waals surface area contributed by atoms with Gasteiger partial charge in [0.25, 0.3) is 5.91 Å². The Bertz CT molecular complexity index is 1020. The van der Waals surface area contributed by atoms with E-state index in [1.165, 1.54) is 29.6 Å². The number of nitrogens with one attached hydrogen (secondary N) is 1. The van der Waals surface area contributed by atoms with Crippen LogP contribution < -0.4 is 10.1 Å².